The van der Waals surface area contributed by atoms with E-state index >= 15 is 0 Å². The van der Waals surface area contributed by atoms with Gasteiger partial charge >= 0.3 is 12.1 Å². The molecule has 1 aromatic rings. The Kier molecular flexibility index (Phi) is 5.97. The molecular weight excluding hydrogens is 286 g/mol. The predicted octanol–water partition coefficient (Wildman–Crippen LogP) is 1.80. The lowest BCUT2D eigenvalue weighted by atomic mass is 10.2. The van der Waals surface area contributed by atoms with Gasteiger partial charge in [0.05, 0.1) is 13.0 Å². The third kappa shape index (κ3) is 4.89. The molecule has 0 spiro atoms. The summed E-state index contributed by atoms with van der Waals surface area (Å²) >= 11 is 0. The maximum absolute atomic E-state index is 11.5. The minimum Gasteiger partial charge on any atom is -0.445 e. The van der Waals surface area contributed by atoms with Crippen LogP contribution in [-0.4, -0.2) is 37.6 Å². The van der Waals surface area contributed by atoms with Crippen LogP contribution in [-0.2, 0) is 25.4 Å². The van der Waals surface area contributed by atoms with Gasteiger partial charge in [0.15, 0.2) is 0 Å². The Hall–Kier alpha value is -2.34. The molecule has 1 saturated heterocycles. The number of esters is 1. The summed E-state index contributed by atoms with van der Waals surface area (Å²) in [7, 11) is 0. The van der Waals surface area contributed by atoms with E-state index in [4.69, 9.17) is 14.2 Å². The Morgan fingerprint density at radius 1 is 1.41 bits per heavy atom. The smallest absolute Gasteiger partial charge is 0.407 e. The Morgan fingerprint density at radius 2 is 2.18 bits per heavy atom. The SMILES string of the molecule is C=CCOC(=O)N[C@H]1CC(=O)O[C@@H]1OCCc1ccccc1. The molecule has 1 aromatic carbocycles. The molecule has 6 heteroatoms. The molecule has 0 bridgehead atoms. The second kappa shape index (κ2) is 8.19. The maximum Gasteiger partial charge on any atom is 0.407 e. The first-order valence-electron chi connectivity index (χ1n) is 7.08. The Morgan fingerprint density at radius 3 is 2.91 bits per heavy atom. The van der Waals surface area contributed by atoms with E-state index in [0.717, 1.165) is 5.56 Å². The lowest BCUT2D eigenvalue weighted by molar-refractivity contribution is -0.164. The van der Waals surface area contributed by atoms with Crippen molar-refractivity contribution in [1.82, 2.24) is 5.32 Å². The molecule has 1 aliphatic rings. The second-order valence-electron chi connectivity index (χ2n) is 4.81. The molecule has 6 nitrogen and oxygen atoms in total. The first kappa shape index (κ1) is 16.0. The molecule has 1 fully saturated rings. The van der Waals surface area contributed by atoms with E-state index in [9.17, 15) is 9.59 Å². The molecule has 1 aliphatic heterocycles. The minimum absolute atomic E-state index is 0.0686. The molecule has 118 valence electrons. The van der Waals surface area contributed by atoms with Gasteiger partial charge in [-0.25, -0.2) is 4.79 Å². The van der Waals surface area contributed by atoms with Gasteiger partial charge in [-0.15, -0.1) is 0 Å². The van der Waals surface area contributed by atoms with Gasteiger partial charge < -0.3 is 19.5 Å². The molecule has 1 N–H and O–H groups in total. The normalized spacial score (nSPS) is 20.3. The van der Waals surface area contributed by atoms with Crippen molar-refractivity contribution in [2.24, 2.45) is 0 Å². The summed E-state index contributed by atoms with van der Waals surface area (Å²) in [6, 6.07) is 9.28. The number of alkyl carbamates (subject to hydrolysis) is 1. The fraction of sp³-hybridized carbons (Fsp3) is 0.375. The summed E-state index contributed by atoms with van der Waals surface area (Å²) < 4.78 is 15.4. The molecule has 0 saturated carbocycles. The van der Waals surface area contributed by atoms with Gasteiger partial charge in [-0.1, -0.05) is 43.0 Å². The summed E-state index contributed by atoms with van der Waals surface area (Å²) in [6.07, 6.45) is 0.818. The highest BCUT2D eigenvalue weighted by atomic mass is 16.7. The average Bonchev–Trinajstić information content (AvgIpc) is 2.86. The molecule has 22 heavy (non-hydrogen) atoms. The Labute approximate surface area is 129 Å². The number of cyclic esters (lactones) is 1. The van der Waals surface area contributed by atoms with Crippen molar-refractivity contribution in [2.75, 3.05) is 13.2 Å². The summed E-state index contributed by atoms with van der Waals surface area (Å²) in [5.74, 6) is -0.404. The molecule has 2 rings (SSSR count). The quantitative estimate of drug-likeness (QED) is 0.614. The molecular formula is C16H19NO5. The standard InChI is InChI=1S/C16H19NO5/c1-2-9-21-16(19)17-13-11-14(18)22-15(13)20-10-8-12-6-4-3-5-7-12/h2-7,13,15H,1,8-11H2,(H,17,19)/t13-,15-/m0/s1. The van der Waals surface area contributed by atoms with Crippen LogP contribution in [0.3, 0.4) is 0 Å². The zero-order valence-electron chi connectivity index (χ0n) is 12.2. The van der Waals surface area contributed by atoms with Crippen LogP contribution in [0.4, 0.5) is 4.79 Å². The number of carbonyl (C=O) groups is 2. The first-order valence-corrected chi connectivity index (χ1v) is 7.08. The highest BCUT2D eigenvalue weighted by molar-refractivity contribution is 5.75. The third-order valence-electron chi connectivity index (χ3n) is 3.11. The molecule has 1 heterocycles. The van der Waals surface area contributed by atoms with Crippen LogP contribution < -0.4 is 5.32 Å². The van der Waals surface area contributed by atoms with Crippen molar-refractivity contribution in [3.05, 3.63) is 48.6 Å². The van der Waals surface area contributed by atoms with Gasteiger partial charge in [-0.05, 0) is 12.0 Å². The van der Waals surface area contributed by atoms with Crippen molar-refractivity contribution in [1.29, 1.82) is 0 Å². The largest absolute Gasteiger partial charge is 0.445 e. The van der Waals surface area contributed by atoms with Crippen LogP contribution in [0.15, 0.2) is 43.0 Å². The van der Waals surface area contributed by atoms with Gasteiger partial charge in [0.1, 0.15) is 12.6 Å². The van der Waals surface area contributed by atoms with Gasteiger partial charge in [-0.3, -0.25) is 4.79 Å². The highest BCUT2D eigenvalue weighted by Crippen LogP contribution is 2.17. The van der Waals surface area contributed by atoms with E-state index < -0.39 is 24.4 Å². The molecule has 0 aromatic heterocycles. The second-order valence-corrected chi connectivity index (χ2v) is 4.81. The van der Waals surface area contributed by atoms with Crippen molar-refractivity contribution >= 4 is 12.1 Å². The lowest BCUT2D eigenvalue weighted by Gasteiger charge is -2.18. The van der Waals surface area contributed by atoms with E-state index in [1.54, 1.807) is 0 Å². The number of ether oxygens (including phenoxy) is 3. The number of nitrogens with one attached hydrogen (secondary N) is 1. The van der Waals surface area contributed by atoms with Crippen LogP contribution in [0, 0.1) is 0 Å². The van der Waals surface area contributed by atoms with Crippen LogP contribution in [0.25, 0.3) is 0 Å². The third-order valence-corrected chi connectivity index (χ3v) is 3.11. The lowest BCUT2D eigenvalue weighted by Crippen LogP contribution is -2.42. The molecule has 0 unspecified atom stereocenters. The maximum atomic E-state index is 11.5. The number of rotatable bonds is 7. The van der Waals surface area contributed by atoms with Crippen molar-refractivity contribution in [3.8, 4) is 0 Å². The predicted molar refractivity (Wildman–Crippen MR) is 79.1 cm³/mol. The topological polar surface area (TPSA) is 73.9 Å². The van der Waals surface area contributed by atoms with Crippen LogP contribution in [0.2, 0.25) is 0 Å². The minimum atomic E-state index is -0.785. The summed E-state index contributed by atoms with van der Waals surface area (Å²) in [6.45, 7) is 3.95. The first-order chi connectivity index (χ1) is 10.7. The zero-order valence-corrected chi connectivity index (χ0v) is 12.2. The number of amides is 1. The Bertz CT molecular complexity index is 517. The van der Waals surface area contributed by atoms with Gasteiger partial charge in [0.2, 0.25) is 6.29 Å². The molecule has 1 amide bonds. The molecule has 2 atom stereocenters. The van der Waals surface area contributed by atoms with Gasteiger partial charge in [0, 0.05) is 0 Å². The van der Waals surface area contributed by atoms with E-state index in [-0.39, 0.29) is 13.0 Å². The van der Waals surface area contributed by atoms with Gasteiger partial charge in [-0.2, -0.15) is 0 Å². The van der Waals surface area contributed by atoms with Crippen molar-refractivity contribution in [2.45, 2.75) is 25.2 Å². The van der Waals surface area contributed by atoms with Crippen LogP contribution >= 0.6 is 0 Å². The zero-order chi connectivity index (χ0) is 15.8. The van der Waals surface area contributed by atoms with E-state index in [0.29, 0.717) is 13.0 Å². The number of benzene rings is 1. The van der Waals surface area contributed by atoms with Crippen LogP contribution in [0.1, 0.15) is 12.0 Å². The van der Waals surface area contributed by atoms with Crippen LogP contribution in [0.5, 0.6) is 0 Å². The van der Waals surface area contributed by atoms with E-state index in [2.05, 4.69) is 11.9 Å². The van der Waals surface area contributed by atoms with E-state index in [1.165, 1.54) is 6.08 Å². The molecule has 0 radical (unpaired) electrons. The molecule has 0 aliphatic carbocycles. The Balaban J connectivity index is 1.79. The highest BCUT2D eigenvalue weighted by Gasteiger charge is 2.37. The van der Waals surface area contributed by atoms with E-state index in [1.807, 2.05) is 30.3 Å². The van der Waals surface area contributed by atoms with Gasteiger partial charge in [0.25, 0.3) is 0 Å². The summed E-state index contributed by atoms with van der Waals surface area (Å²) in [5.41, 5.74) is 1.13. The fourth-order valence-electron chi connectivity index (χ4n) is 2.07. The average molecular weight is 305 g/mol. The summed E-state index contributed by atoms with van der Waals surface area (Å²) in [5, 5.41) is 2.56. The monoisotopic (exact) mass is 305 g/mol. The summed E-state index contributed by atoms with van der Waals surface area (Å²) in [4.78, 5) is 22.9. The van der Waals surface area contributed by atoms with Crippen molar-refractivity contribution in [3.63, 3.8) is 0 Å². The number of hydrogen-bond donors (Lipinski definition) is 1. The van der Waals surface area contributed by atoms with Crippen molar-refractivity contribution < 1.29 is 23.8 Å². The fourth-order valence-corrected chi connectivity index (χ4v) is 2.07. The number of hydrogen-bond acceptors (Lipinski definition) is 5. The number of carbonyl (C=O) groups excluding carboxylic acids is 2.